The van der Waals surface area contributed by atoms with Gasteiger partial charge in [-0.3, -0.25) is 19.1 Å². The van der Waals surface area contributed by atoms with Gasteiger partial charge in [-0.05, 0) is 18.1 Å². The van der Waals surface area contributed by atoms with Gasteiger partial charge in [0.2, 0.25) is 11.8 Å². The monoisotopic (exact) mass is 289 g/mol. The molecule has 1 aromatic heterocycles. The van der Waals surface area contributed by atoms with Gasteiger partial charge in [0.05, 0.1) is 0 Å². The molecule has 0 atom stereocenters. The minimum atomic E-state index is -0.835. The second-order valence-electron chi connectivity index (χ2n) is 4.53. The first-order chi connectivity index (χ1) is 9.95. The summed E-state index contributed by atoms with van der Waals surface area (Å²) in [5.74, 6) is -0.989. The highest BCUT2D eigenvalue weighted by atomic mass is 16.3. The van der Waals surface area contributed by atoms with Gasteiger partial charge in [0, 0.05) is 7.05 Å². The van der Waals surface area contributed by atoms with Crippen molar-refractivity contribution in [3.8, 4) is 17.0 Å². The van der Waals surface area contributed by atoms with E-state index in [2.05, 4.69) is 10.3 Å². The fraction of sp³-hybridized carbons (Fsp3) is 0.214. The number of amides is 1. The predicted octanol–water partition coefficient (Wildman–Crippen LogP) is -0.0364. The number of nitrogens with one attached hydrogen (secondary N) is 2. The van der Waals surface area contributed by atoms with Crippen LogP contribution < -0.4 is 16.6 Å². The van der Waals surface area contributed by atoms with E-state index in [0.29, 0.717) is 5.56 Å². The molecule has 0 unspecified atom stereocenters. The molecule has 2 aromatic rings. The average molecular weight is 289 g/mol. The smallest absolute Gasteiger partial charge is 0.331 e. The van der Waals surface area contributed by atoms with E-state index in [1.165, 1.54) is 7.05 Å². The number of carbonyl (C=O) groups is 1. The summed E-state index contributed by atoms with van der Waals surface area (Å²) >= 11 is 0. The van der Waals surface area contributed by atoms with Crippen molar-refractivity contribution in [2.45, 2.75) is 13.5 Å². The van der Waals surface area contributed by atoms with Crippen LogP contribution in [-0.4, -0.2) is 27.6 Å². The van der Waals surface area contributed by atoms with Crippen molar-refractivity contribution in [1.82, 2.24) is 14.9 Å². The van der Waals surface area contributed by atoms with Crippen molar-refractivity contribution in [3.63, 3.8) is 0 Å². The maximum atomic E-state index is 12.0. The van der Waals surface area contributed by atoms with E-state index in [4.69, 9.17) is 0 Å². The minimum Gasteiger partial charge on any atom is -0.494 e. The number of aromatic nitrogens is 2. The van der Waals surface area contributed by atoms with Gasteiger partial charge >= 0.3 is 5.69 Å². The highest BCUT2D eigenvalue weighted by molar-refractivity contribution is 5.76. The van der Waals surface area contributed by atoms with Gasteiger partial charge in [-0.1, -0.05) is 24.3 Å². The Balaban J connectivity index is 2.71. The highest BCUT2D eigenvalue weighted by Crippen LogP contribution is 2.26. The lowest BCUT2D eigenvalue weighted by molar-refractivity contribution is -0.121. The Morgan fingerprint density at radius 1 is 1.33 bits per heavy atom. The summed E-state index contributed by atoms with van der Waals surface area (Å²) in [6, 6.07) is 6.96. The molecule has 0 radical (unpaired) electrons. The number of aromatic hydroxyl groups is 1. The summed E-state index contributed by atoms with van der Waals surface area (Å²) < 4.78 is 0.821. The third-order valence-electron chi connectivity index (χ3n) is 3.17. The van der Waals surface area contributed by atoms with Crippen molar-refractivity contribution in [2.75, 3.05) is 7.05 Å². The van der Waals surface area contributed by atoms with Crippen LogP contribution in [0.5, 0.6) is 5.88 Å². The standard InChI is InChI=1S/C14H15N3O4/c1-8-5-3-4-6-9(8)11-12(19)16-14(21)17(13(11)20)7-10(18)15-2/h3-6,20H,7H2,1-2H3,(H,15,18)(H,16,19,21). The largest absolute Gasteiger partial charge is 0.494 e. The first-order valence-electron chi connectivity index (χ1n) is 6.28. The van der Waals surface area contributed by atoms with Gasteiger partial charge in [-0.15, -0.1) is 0 Å². The molecular weight excluding hydrogens is 274 g/mol. The third kappa shape index (κ3) is 2.71. The lowest BCUT2D eigenvalue weighted by Gasteiger charge is -2.12. The number of nitrogens with zero attached hydrogens (tertiary/aromatic N) is 1. The molecule has 0 bridgehead atoms. The van der Waals surface area contributed by atoms with Crippen LogP contribution in [-0.2, 0) is 11.3 Å². The zero-order valence-corrected chi connectivity index (χ0v) is 11.6. The summed E-state index contributed by atoms with van der Waals surface area (Å²) in [5, 5.41) is 12.6. The van der Waals surface area contributed by atoms with Gasteiger partial charge in [-0.25, -0.2) is 4.79 Å². The van der Waals surface area contributed by atoms with Gasteiger partial charge in [-0.2, -0.15) is 0 Å². The summed E-state index contributed by atoms with van der Waals surface area (Å²) in [5.41, 5.74) is -0.291. The van der Waals surface area contributed by atoms with Crippen LogP contribution in [0.4, 0.5) is 0 Å². The second kappa shape index (κ2) is 5.66. The molecular formula is C14H15N3O4. The molecule has 110 valence electrons. The van der Waals surface area contributed by atoms with E-state index in [1.807, 2.05) is 0 Å². The van der Waals surface area contributed by atoms with Crippen molar-refractivity contribution >= 4 is 5.91 Å². The minimum absolute atomic E-state index is 0.0309. The average Bonchev–Trinajstić information content (AvgIpc) is 2.45. The van der Waals surface area contributed by atoms with Gasteiger partial charge < -0.3 is 10.4 Å². The molecule has 0 aliphatic heterocycles. The topological polar surface area (TPSA) is 104 Å². The van der Waals surface area contributed by atoms with E-state index in [9.17, 15) is 19.5 Å². The molecule has 2 rings (SSSR count). The van der Waals surface area contributed by atoms with Crippen LogP contribution in [0.15, 0.2) is 33.9 Å². The second-order valence-corrected chi connectivity index (χ2v) is 4.53. The molecule has 21 heavy (non-hydrogen) atoms. The molecule has 1 aromatic carbocycles. The number of aromatic amines is 1. The number of benzene rings is 1. The van der Waals surface area contributed by atoms with Crippen molar-refractivity contribution < 1.29 is 9.90 Å². The fourth-order valence-electron chi connectivity index (χ4n) is 2.03. The van der Waals surface area contributed by atoms with E-state index in [0.717, 1.165) is 10.1 Å². The number of aryl methyl sites for hydroxylation is 1. The maximum absolute atomic E-state index is 12.0. The Bertz CT molecular complexity index is 805. The normalized spacial score (nSPS) is 10.4. The lowest BCUT2D eigenvalue weighted by Crippen LogP contribution is -2.35. The molecule has 0 saturated carbocycles. The van der Waals surface area contributed by atoms with Crippen molar-refractivity contribution in [1.29, 1.82) is 0 Å². The molecule has 0 spiro atoms. The zero-order chi connectivity index (χ0) is 15.6. The molecule has 0 aliphatic rings. The summed E-state index contributed by atoms with van der Waals surface area (Å²) in [6.45, 7) is 1.40. The Morgan fingerprint density at radius 2 is 2.00 bits per heavy atom. The fourth-order valence-corrected chi connectivity index (χ4v) is 2.03. The Labute approximate surface area is 119 Å². The predicted molar refractivity (Wildman–Crippen MR) is 77.2 cm³/mol. The maximum Gasteiger partial charge on any atom is 0.331 e. The third-order valence-corrected chi connectivity index (χ3v) is 3.17. The molecule has 7 nitrogen and oxygen atoms in total. The first-order valence-corrected chi connectivity index (χ1v) is 6.28. The Morgan fingerprint density at radius 3 is 2.62 bits per heavy atom. The summed E-state index contributed by atoms with van der Waals surface area (Å²) in [6.07, 6.45) is 0. The Kier molecular flexibility index (Phi) is 3.93. The van der Waals surface area contributed by atoms with E-state index in [1.54, 1.807) is 31.2 Å². The highest BCUT2D eigenvalue weighted by Gasteiger charge is 2.18. The van der Waals surface area contributed by atoms with Gasteiger partial charge in [0.25, 0.3) is 5.56 Å². The van der Waals surface area contributed by atoms with Crippen LogP contribution in [0.25, 0.3) is 11.1 Å². The Hall–Kier alpha value is -2.83. The van der Waals surface area contributed by atoms with Crippen LogP contribution in [0.3, 0.4) is 0 Å². The number of hydrogen-bond acceptors (Lipinski definition) is 4. The van der Waals surface area contributed by atoms with E-state index >= 15 is 0 Å². The molecule has 1 heterocycles. The van der Waals surface area contributed by atoms with Crippen molar-refractivity contribution in [3.05, 3.63) is 50.7 Å². The van der Waals surface area contributed by atoms with Crippen LogP contribution in [0, 0.1) is 6.92 Å². The van der Waals surface area contributed by atoms with E-state index < -0.39 is 23.0 Å². The van der Waals surface area contributed by atoms with Crippen LogP contribution >= 0.6 is 0 Å². The number of hydrogen-bond donors (Lipinski definition) is 3. The molecule has 0 aliphatic carbocycles. The molecule has 7 heteroatoms. The zero-order valence-electron chi connectivity index (χ0n) is 11.6. The van der Waals surface area contributed by atoms with Gasteiger partial charge in [0.15, 0.2) is 0 Å². The number of carbonyl (C=O) groups excluding carboxylic acids is 1. The quantitative estimate of drug-likeness (QED) is 0.737. The number of rotatable bonds is 3. The van der Waals surface area contributed by atoms with Crippen LogP contribution in [0.2, 0.25) is 0 Å². The number of likely N-dealkylation sites (N-methyl/N-ethyl adjacent to an activating group) is 1. The SMILES string of the molecule is CNC(=O)Cn1c(O)c(-c2ccccc2C)c(=O)[nH]c1=O. The molecule has 1 amide bonds. The van der Waals surface area contributed by atoms with Crippen LogP contribution in [0.1, 0.15) is 5.56 Å². The van der Waals surface area contributed by atoms with Gasteiger partial charge in [0.1, 0.15) is 12.1 Å². The molecule has 0 fully saturated rings. The lowest BCUT2D eigenvalue weighted by atomic mass is 10.0. The molecule has 0 saturated heterocycles. The first kappa shape index (κ1) is 14.6. The number of H-pyrrole nitrogens is 1. The molecule has 3 N–H and O–H groups in total. The van der Waals surface area contributed by atoms with E-state index in [-0.39, 0.29) is 12.1 Å². The van der Waals surface area contributed by atoms with Crippen molar-refractivity contribution in [2.24, 2.45) is 0 Å². The summed E-state index contributed by atoms with van der Waals surface area (Å²) in [4.78, 5) is 37.3. The summed E-state index contributed by atoms with van der Waals surface area (Å²) in [7, 11) is 1.42.